The maximum Gasteiger partial charge on any atom is 0.376 e. The number of hydrogen-bond acceptors (Lipinski definition) is 4. The lowest BCUT2D eigenvalue weighted by molar-refractivity contribution is 0.0567. The van der Waals surface area contributed by atoms with E-state index in [2.05, 4.69) is 4.74 Å². The van der Waals surface area contributed by atoms with Gasteiger partial charge in [-0.05, 0) is 12.1 Å². The predicted octanol–water partition coefficient (Wildman–Crippen LogP) is 2.45. The standard InChI is InChI=1S/C12H10FNO3/c1-16-12(15)11-9(14)6-10(17-11)7-4-2-3-5-8(7)13/h2-6H,14H2,1H3. The van der Waals surface area contributed by atoms with E-state index in [0.29, 0.717) is 0 Å². The third-order valence-corrected chi connectivity index (χ3v) is 2.27. The quantitative estimate of drug-likeness (QED) is 0.812. The summed E-state index contributed by atoms with van der Waals surface area (Å²) in [7, 11) is 1.22. The molecule has 88 valence electrons. The van der Waals surface area contributed by atoms with Crippen LogP contribution in [-0.4, -0.2) is 13.1 Å². The number of esters is 1. The first-order chi connectivity index (χ1) is 8.13. The number of methoxy groups -OCH3 is 1. The molecule has 1 heterocycles. The highest BCUT2D eigenvalue weighted by molar-refractivity contribution is 5.93. The fraction of sp³-hybridized carbons (Fsp3) is 0.0833. The zero-order chi connectivity index (χ0) is 12.4. The Morgan fingerprint density at radius 2 is 2.12 bits per heavy atom. The molecule has 1 aromatic carbocycles. The number of furan rings is 1. The van der Waals surface area contributed by atoms with Crippen LogP contribution in [0.1, 0.15) is 10.6 Å². The molecule has 0 aliphatic carbocycles. The van der Waals surface area contributed by atoms with Gasteiger partial charge in [0.2, 0.25) is 5.76 Å². The number of nitrogen functional groups attached to an aromatic ring is 1. The minimum absolute atomic E-state index is 0.120. The van der Waals surface area contributed by atoms with Crippen molar-refractivity contribution >= 4 is 11.7 Å². The molecule has 0 saturated heterocycles. The van der Waals surface area contributed by atoms with Crippen LogP contribution < -0.4 is 5.73 Å². The zero-order valence-corrected chi connectivity index (χ0v) is 9.07. The lowest BCUT2D eigenvalue weighted by Crippen LogP contribution is -2.02. The summed E-state index contributed by atoms with van der Waals surface area (Å²) < 4.78 is 23.2. The molecule has 0 bridgehead atoms. The van der Waals surface area contributed by atoms with E-state index in [1.807, 2.05) is 0 Å². The summed E-state index contributed by atoms with van der Waals surface area (Å²) in [6.07, 6.45) is 0. The molecule has 0 atom stereocenters. The second kappa shape index (κ2) is 4.29. The summed E-state index contributed by atoms with van der Waals surface area (Å²) in [4.78, 5) is 11.3. The van der Waals surface area contributed by atoms with Gasteiger partial charge in [0.1, 0.15) is 11.6 Å². The van der Waals surface area contributed by atoms with Crippen LogP contribution in [0.3, 0.4) is 0 Å². The van der Waals surface area contributed by atoms with Crippen LogP contribution in [0.15, 0.2) is 34.7 Å². The van der Waals surface area contributed by atoms with Crippen LogP contribution in [0.2, 0.25) is 0 Å². The van der Waals surface area contributed by atoms with E-state index >= 15 is 0 Å². The number of ether oxygens (including phenoxy) is 1. The lowest BCUT2D eigenvalue weighted by Gasteiger charge is -1.98. The number of rotatable bonds is 2. The van der Waals surface area contributed by atoms with E-state index < -0.39 is 11.8 Å². The van der Waals surface area contributed by atoms with Crippen LogP contribution in [0.5, 0.6) is 0 Å². The van der Waals surface area contributed by atoms with Gasteiger partial charge in [-0.3, -0.25) is 0 Å². The summed E-state index contributed by atoms with van der Waals surface area (Å²) in [5.74, 6) is -1.06. The molecule has 2 aromatic rings. The smallest absolute Gasteiger partial charge is 0.376 e. The monoisotopic (exact) mass is 235 g/mol. The summed E-state index contributed by atoms with van der Waals surface area (Å²) in [5.41, 5.74) is 5.95. The average molecular weight is 235 g/mol. The van der Waals surface area contributed by atoms with Gasteiger partial charge in [0.15, 0.2) is 0 Å². The first-order valence-electron chi connectivity index (χ1n) is 4.86. The van der Waals surface area contributed by atoms with Crippen molar-refractivity contribution in [2.24, 2.45) is 0 Å². The number of halogens is 1. The van der Waals surface area contributed by atoms with Crippen LogP contribution in [0, 0.1) is 5.82 Å². The highest BCUT2D eigenvalue weighted by Crippen LogP contribution is 2.29. The number of carbonyl (C=O) groups excluding carboxylic acids is 1. The fourth-order valence-corrected chi connectivity index (χ4v) is 1.45. The molecule has 0 saturated carbocycles. The molecule has 0 spiro atoms. The van der Waals surface area contributed by atoms with Crippen molar-refractivity contribution in [3.8, 4) is 11.3 Å². The SMILES string of the molecule is COC(=O)c1oc(-c2ccccc2F)cc1N. The Hall–Kier alpha value is -2.30. The summed E-state index contributed by atoms with van der Waals surface area (Å²) in [5, 5.41) is 0. The Morgan fingerprint density at radius 3 is 2.76 bits per heavy atom. The summed E-state index contributed by atoms with van der Waals surface area (Å²) in [6.45, 7) is 0. The van der Waals surface area contributed by atoms with E-state index in [-0.39, 0.29) is 22.8 Å². The van der Waals surface area contributed by atoms with Crippen molar-refractivity contribution in [2.75, 3.05) is 12.8 Å². The highest BCUT2D eigenvalue weighted by Gasteiger charge is 2.19. The first-order valence-corrected chi connectivity index (χ1v) is 4.86. The number of carbonyl (C=O) groups is 1. The molecule has 0 fully saturated rings. The fourth-order valence-electron chi connectivity index (χ4n) is 1.45. The van der Waals surface area contributed by atoms with E-state index in [9.17, 15) is 9.18 Å². The van der Waals surface area contributed by atoms with Gasteiger partial charge in [-0.25, -0.2) is 9.18 Å². The van der Waals surface area contributed by atoms with E-state index in [1.165, 1.54) is 25.3 Å². The largest absolute Gasteiger partial charge is 0.463 e. The predicted molar refractivity (Wildman–Crippen MR) is 59.9 cm³/mol. The van der Waals surface area contributed by atoms with Crippen molar-refractivity contribution in [1.82, 2.24) is 0 Å². The topological polar surface area (TPSA) is 65.5 Å². The van der Waals surface area contributed by atoms with Gasteiger partial charge in [0.05, 0.1) is 18.4 Å². The maximum absolute atomic E-state index is 13.5. The first kappa shape index (κ1) is 11.2. The molecule has 0 aliphatic heterocycles. The van der Waals surface area contributed by atoms with Crippen LogP contribution in [-0.2, 0) is 4.74 Å². The van der Waals surface area contributed by atoms with Crippen molar-refractivity contribution in [1.29, 1.82) is 0 Å². The van der Waals surface area contributed by atoms with Crippen LogP contribution in [0.4, 0.5) is 10.1 Å². The van der Waals surface area contributed by atoms with Crippen molar-refractivity contribution in [2.45, 2.75) is 0 Å². The Kier molecular flexibility index (Phi) is 2.82. The van der Waals surface area contributed by atoms with E-state index in [1.54, 1.807) is 12.1 Å². The van der Waals surface area contributed by atoms with E-state index in [0.717, 1.165) is 0 Å². The molecule has 0 radical (unpaired) electrons. The minimum atomic E-state index is -0.690. The third-order valence-electron chi connectivity index (χ3n) is 2.27. The van der Waals surface area contributed by atoms with Gasteiger partial charge in [0, 0.05) is 6.07 Å². The molecule has 4 nitrogen and oxygen atoms in total. The molecule has 2 rings (SSSR count). The number of anilines is 1. The van der Waals surface area contributed by atoms with Crippen molar-refractivity contribution < 1.29 is 18.3 Å². The zero-order valence-electron chi connectivity index (χ0n) is 9.07. The number of nitrogens with two attached hydrogens (primary N) is 1. The highest BCUT2D eigenvalue weighted by atomic mass is 19.1. The summed E-state index contributed by atoms with van der Waals surface area (Å²) >= 11 is 0. The molecule has 0 unspecified atom stereocenters. The van der Waals surface area contributed by atoms with Gasteiger partial charge < -0.3 is 14.9 Å². The molecular weight excluding hydrogens is 225 g/mol. The summed E-state index contributed by atoms with van der Waals surface area (Å²) in [6, 6.07) is 7.45. The number of benzene rings is 1. The normalized spacial score (nSPS) is 10.2. The second-order valence-electron chi connectivity index (χ2n) is 3.37. The van der Waals surface area contributed by atoms with E-state index in [4.69, 9.17) is 10.2 Å². The molecule has 17 heavy (non-hydrogen) atoms. The second-order valence-corrected chi connectivity index (χ2v) is 3.37. The number of hydrogen-bond donors (Lipinski definition) is 1. The van der Waals surface area contributed by atoms with Crippen LogP contribution >= 0.6 is 0 Å². The molecule has 2 N–H and O–H groups in total. The molecular formula is C12H10FNO3. The van der Waals surface area contributed by atoms with Crippen molar-refractivity contribution in [3.63, 3.8) is 0 Å². The third kappa shape index (κ3) is 1.99. The Balaban J connectivity index is 2.49. The van der Waals surface area contributed by atoms with Crippen molar-refractivity contribution in [3.05, 3.63) is 41.9 Å². The lowest BCUT2D eigenvalue weighted by atomic mass is 10.1. The van der Waals surface area contributed by atoms with Gasteiger partial charge in [-0.2, -0.15) is 0 Å². The molecule has 5 heteroatoms. The molecule has 1 aromatic heterocycles. The Bertz CT molecular complexity index is 563. The minimum Gasteiger partial charge on any atom is -0.463 e. The average Bonchev–Trinajstić information content (AvgIpc) is 2.71. The van der Waals surface area contributed by atoms with Crippen LogP contribution in [0.25, 0.3) is 11.3 Å². The molecule has 0 amide bonds. The van der Waals surface area contributed by atoms with Gasteiger partial charge in [0.25, 0.3) is 0 Å². The Labute approximate surface area is 96.8 Å². The van der Waals surface area contributed by atoms with Gasteiger partial charge in [-0.1, -0.05) is 12.1 Å². The Morgan fingerprint density at radius 1 is 1.41 bits per heavy atom. The molecule has 0 aliphatic rings. The van der Waals surface area contributed by atoms with Gasteiger partial charge >= 0.3 is 5.97 Å². The van der Waals surface area contributed by atoms with Gasteiger partial charge in [-0.15, -0.1) is 0 Å². The maximum atomic E-state index is 13.5.